The predicted octanol–water partition coefficient (Wildman–Crippen LogP) is 2.20. The van der Waals surface area contributed by atoms with Gasteiger partial charge in [0.25, 0.3) is 0 Å². The maximum Gasteiger partial charge on any atom is 0.332 e. The highest BCUT2D eigenvalue weighted by Crippen LogP contribution is 2.07. The van der Waals surface area contributed by atoms with Crippen LogP contribution in [0.5, 0.6) is 0 Å². The smallest absolute Gasteiger partial charge is 0.332 e. The maximum absolute atomic E-state index is 11.1. The monoisotopic (exact) mass is 222 g/mol. The Morgan fingerprint density at radius 3 is 2.62 bits per heavy atom. The van der Waals surface area contributed by atoms with E-state index in [0.29, 0.717) is 0 Å². The van der Waals surface area contributed by atoms with Gasteiger partial charge < -0.3 is 9.47 Å². The summed E-state index contributed by atoms with van der Waals surface area (Å²) in [6.45, 7) is 1.92. The van der Waals surface area contributed by atoms with Gasteiger partial charge in [-0.05, 0) is 25.3 Å². The number of carbonyl (C=O) groups excluding carboxylic acids is 1. The first-order valence-corrected chi connectivity index (χ1v) is 5.44. The van der Waals surface area contributed by atoms with Crippen molar-refractivity contribution in [3.05, 3.63) is 35.9 Å². The molecule has 1 aromatic carbocycles. The van der Waals surface area contributed by atoms with Crippen molar-refractivity contribution in [1.82, 2.24) is 0 Å². The Balaban J connectivity index is 2.25. The van der Waals surface area contributed by atoms with Gasteiger partial charge in [-0.3, -0.25) is 0 Å². The van der Waals surface area contributed by atoms with Crippen molar-refractivity contribution in [2.45, 2.75) is 25.9 Å². The van der Waals surface area contributed by atoms with Crippen molar-refractivity contribution < 1.29 is 14.3 Å². The lowest BCUT2D eigenvalue weighted by molar-refractivity contribution is -0.152. The Labute approximate surface area is 96.4 Å². The molecule has 0 N–H and O–H groups in total. The molecule has 0 aliphatic carbocycles. The van der Waals surface area contributed by atoms with Gasteiger partial charge in [0.1, 0.15) is 6.61 Å². The summed E-state index contributed by atoms with van der Waals surface area (Å²) in [5.74, 6) is -0.303. The lowest BCUT2D eigenvalue weighted by atomic mass is 10.1. The zero-order valence-electron chi connectivity index (χ0n) is 9.81. The van der Waals surface area contributed by atoms with Gasteiger partial charge in [-0.15, -0.1) is 0 Å². The fraction of sp³-hybridized carbons (Fsp3) is 0.462. The highest BCUT2D eigenvalue weighted by Gasteiger charge is 2.08. The van der Waals surface area contributed by atoms with E-state index >= 15 is 0 Å². The van der Waals surface area contributed by atoms with Gasteiger partial charge in [0.05, 0.1) is 6.10 Å². The molecule has 0 fully saturated rings. The van der Waals surface area contributed by atoms with E-state index < -0.39 is 0 Å². The Morgan fingerprint density at radius 1 is 1.31 bits per heavy atom. The zero-order chi connectivity index (χ0) is 11.8. The van der Waals surface area contributed by atoms with Crippen LogP contribution in [0.3, 0.4) is 0 Å². The van der Waals surface area contributed by atoms with E-state index in [-0.39, 0.29) is 18.7 Å². The molecule has 0 aromatic heterocycles. The standard InChI is InChI=1S/C13H18O3/c1-11(16-13(14)10-15-2)8-9-12-6-4-3-5-7-12/h3-7,11H,8-10H2,1-2H3. The summed E-state index contributed by atoms with van der Waals surface area (Å²) in [6, 6.07) is 10.2. The largest absolute Gasteiger partial charge is 0.461 e. The van der Waals surface area contributed by atoms with E-state index in [2.05, 4.69) is 12.1 Å². The first-order valence-electron chi connectivity index (χ1n) is 5.44. The number of ether oxygens (including phenoxy) is 2. The molecule has 0 saturated carbocycles. The highest BCUT2D eigenvalue weighted by atomic mass is 16.6. The maximum atomic E-state index is 11.1. The number of benzene rings is 1. The summed E-state index contributed by atoms with van der Waals surface area (Å²) in [4.78, 5) is 11.1. The van der Waals surface area contributed by atoms with E-state index in [1.165, 1.54) is 12.7 Å². The predicted molar refractivity (Wildman–Crippen MR) is 62.2 cm³/mol. The molecule has 1 unspecified atom stereocenters. The van der Waals surface area contributed by atoms with Gasteiger partial charge in [-0.2, -0.15) is 0 Å². The highest BCUT2D eigenvalue weighted by molar-refractivity contribution is 5.70. The van der Waals surface area contributed by atoms with Crippen LogP contribution in [0.2, 0.25) is 0 Å². The van der Waals surface area contributed by atoms with Crippen LogP contribution in [0.25, 0.3) is 0 Å². The Kier molecular flexibility index (Phi) is 5.57. The average Bonchev–Trinajstić information content (AvgIpc) is 2.28. The molecule has 0 amide bonds. The van der Waals surface area contributed by atoms with Crippen molar-refractivity contribution in [3.8, 4) is 0 Å². The van der Waals surface area contributed by atoms with Gasteiger partial charge in [0, 0.05) is 7.11 Å². The van der Waals surface area contributed by atoms with Gasteiger partial charge >= 0.3 is 5.97 Å². The third kappa shape index (κ3) is 4.94. The zero-order valence-corrected chi connectivity index (χ0v) is 9.81. The molecule has 0 aliphatic heterocycles. The molecule has 0 heterocycles. The molecule has 0 aliphatic rings. The third-order valence-corrected chi connectivity index (χ3v) is 2.28. The van der Waals surface area contributed by atoms with Crippen LogP contribution in [0.4, 0.5) is 0 Å². The Bertz CT molecular complexity index is 308. The molecular weight excluding hydrogens is 204 g/mol. The summed E-state index contributed by atoms with van der Waals surface area (Å²) in [5.41, 5.74) is 1.26. The molecule has 1 rings (SSSR count). The number of rotatable bonds is 6. The second-order valence-electron chi connectivity index (χ2n) is 3.76. The molecule has 0 spiro atoms. The number of carbonyl (C=O) groups is 1. The molecule has 0 bridgehead atoms. The summed E-state index contributed by atoms with van der Waals surface area (Å²) < 4.78 is 9.84. The molecule has 3 heteroatoms. The minimum atomic E-state index is -0.303. The quantitative estimate of drug-likeness (QED) is 0.692. The van der Waals surface area contributed by atoms with E-state index in [4.69, 9.17) is 9.47 Å². The Hall–Kier alpha value is -1.35. The molecule has 1 aromatic rings. The second kappa shape index (κ2) is 7.01. The summed E-state index contributed by atoms with van der Waals surface area (Å²) in [7, 11) is 1.48. The molecule has 0 saturated heterocycles. The SMILES string of the molecule is COCC(=O)OC(C)CCc1ccccc1. The molecule has 1 atom stereocenters. The van der Waals surface area contributed by atoms with E-state index in [1.54, 1.807) is 0 Å². The van der Waals surface area contributed by atoms with Crippen LogP contribution in [0.1, 0.15) is 18.9 Å². The second-order valence-corrected chi connectivity index (χ2v) is 3.76. The molecule has 88 valence electrons. The lowest BCUT2D eigenvalue weighted by Gasteiger charge is -2.12. The van der Waals surface area contributed by atoms with E-state index in [0.717, 1.165) is 12.8 Å². The molecular formula is C13H18O3. The average molecular weight is 222 g/mol. The summed E-state index contributed by atoms with van der Waals surface area (Å²) >= 11 is 0. The topological polar surface area (TPSA) is 35.5 Å². The van der Waals surface area contributed by atoms with Crippen molar-refractivity contribution in [2.75, 3.05) is 13.7 Å². The van der Waals surface area contributed by atoms with Crippen LogP contribution in [0.15, 0.2) is 30.3 Å². The fourth-order valence-corrected chi connectivity index (χ4v) is 1.45. The molecule has 3 nitrogen and oxygen atoms in total. The first kappa shape index (κ1) is 12.7. The number of hydrogen-bond donors (Lipinski definition) is 0. The van der Waals surface area contributed by atoms with Crippen LogP contribution in [-0.4, -0.2) is 25.8 Å². The lowest BCUT2D eigenvalue weighted by Crippen LogP contribution is -2.19. The number of methoxy groups -OCH3 is 1. The van der Waals surface area contributed by atoms with E-state index in [9.17, 15) is 4.79 Å². The van der Waals surface area contributed by atoms with E-state index in [1.807, 2.05) is 25.1 Å². The van der Waals surface area contributed by atoms with Gasteiger partial charge in [0.2, 0.25) is 0 Å². The molecule has 0 radical (unpaired) electrons. The van der Waals surface area contributed by atoms with Gasteiger partial charge in [0.15, 0.2) is 0 Å². The van der Waals surface area contributed by atoms with Crippen LogP contribution >= 0.6 is 0 Å². The fourth-order valence-electron chi connectivity index (χ4n) is 1.45. The number of aryl methyl sites for hydroxylation is 1. The van der Waals surface area contributed by atoms with Gasteiger partial charge in [-0.1, -0.05) is 30.3 Å². The van der Waals surface area contributed by atoms with Crippen LogP contribution < -0.4 is 0 Å². The van der Waals surface area contributed by atoms with Gasteiger partial charge in [-0.25, -0.2) is 4.79 Å². The molecule has 16 heavy (non-hydrogen) atoms. The Morgan fingerprint density at radius 2 is 2.00 bits per heavy atom. The first-order chi connectivity index (χ1) is 7.72. The number of esters is 1. The van der Waals surface area contributed by atoms with Crippen LogP contribution in [0, 0.1) is 0 Å². The minimum absolute atomic E-state index is 0.0235. The third-order valence-electron chi connectivity index (χ3n) is 2.28. The van der Waals surface area contributed by atoms with Crippen molar-refractivity contribution in [1.29, 1.82) is 0 Å². The summed E-state index contributed by atoms with van der Waals surface area (Å²) in [6.07, 6.45) is 1.68. The van der Waals surface area contributed by atoms with Crippen molar-refractivity contribution >= 4 is 5.97 Å². The normalized spacial score (nSPS) is 12.1. The van der Waals surface area contributed by atoms with Crippen molar-refractivity contribution in [3.63, 3.8) is 0 Å². The van der Waals surface area contributed by atoms with Crippen molar-refractivity contribution in [2.24, 2.45) is 0 Å². The number of hydrogen-bond acceptors (Lipinski definition) is 3. The minimum Gasteiger partial charge on any atom is -0.461 e. The summed E-state index contributed by atoms with van der Waals surface area (Å²) in [5, 5.41) is 0. The van der Waals surface area contributed by atoms with Crippen LogP contribution in [-0.2, 0) is 20.7 Å².